The maximum Gasteiger partial charge on any atom is 0.417 e. The molecule has 0 N–H and O–H groups in total. The fourth-order valence-electron chi connectivity index (χ4n) is 6.03. The molecule has 0 saturated carbocycles. The van der Waals surface area contributed by atoms with E-state index in [0.29, 0.717) is 49.9 Å². The quantitative estimate of drug-likeness (QED) is 0.274. The minimum absolute atomic E-state index is 0.0258. The maximum absolute atomic E-state index is 13.8. The first-order valence-corrected chi connectivity index (χ1v) is 14.9. The van der Waals surface area contributed by atoms with E-state index in [4.69, 9.17) is 16.3 Å². The molecule has 1 aromatic heterocycles. The molecule has 0 aliphatic carbocycles. The second kappa shape index (κ2) is 13.0. The highest BCUT2D eigenvalue weighted by molar-refractivity contribution is 6.30. The molecule has 44 heavy (non-hydrogen) atoms. The molecular weight excluding hydrogens is 600 g/mol. The molecule has 5 rings (SSSR count). The van der Waals surface area contributed by atoms with Crippen LogP contribution in [0.25, 0.3) is 0 Å². The van der Waals surface area contributed by atoms with Crippen LogP contribution in [-0.2, 0) is 11.0 Å². The van der Waals surface area contributed by atoms with Crippen molar-refractivity contribution in [3.63, 3.8) is 0 Å². The van der Waals surface area contributed by atoms with Gasteiger partial charge >= 0.3 is 12.3 Å². The highest BCUT2D eigenvalue weighted by Crippen LogP contribution is 2.36. The number of piperidine rings is 1. The molecule has 2 amide bonds. The van der Waals surface area contributed by atoms with Gasteiger partial charge in [0, 0.05) is 55.3 Å². The Labute approximate surface area is 258 Å². The zero-order valence-corrected chi connectivity index (χ0v) is 25.1. The van der Waals surface area contributed by atoms with Gasteiger partial charge in [0.25, 0.3) is 0 Å². The zero-order valence-electron chi connectivity index (χ0n) is 24.3. The second-order valence-electron chi connectivity index (χ2n) is 11.5. The summed E-state index contributed by atoms with van der Waals surface area (Å²) in [5.74, 6) is -0.299. The average molecular weight is 633 g/mol. The van der Waals surface area contributed by atoms with Gasteiger partial charge in [0.15, 0.2) is 0 Å². The lowest BCUT2D eigenvalue weighted by Gasteiger charge is -2.35. The fourth-order valence-corrected chi connectivity index (χ4v) is 6.15. The van der Waals surface area contributed by atoms with E-state index in [9.17, 15) is 27.2 Å². The first-order valence-electron chi connectivity index (χ1n) is 14.5. The van der Waals surface area contributed by atoms with Crippen molar-refractivity contribution < 1.29 is 31.9 Å². The minimum Gasteiger partial charge on any atom is -0.410 e. The number of pyridine rings is 1. The predicted molar refractivity (Wildman–Crippen MR) is 158 cm³/mol. The summed E-state index contributed by atoms with van der Waals surface area (Å²) in [6.07, 6.45) is -3.17. The van der Waals surface area contributed by atoms with Gasteiger partial charge in [0.05, 0.1) is 11.6 Å². The molecule has 2 aromatic carbocycles. The molecule has 0 spiro atoms. The lowest BCUT2D eigenvalue weighted by molar-refractivity contribution is -0.138. The van der Waals surface area contributed by atoms with E-state index >= 15 is 0 Å². The van der Waals surface area contributed by atoms with Crippen LogP contribution < -0.4 is 9.64 Å². The number of hydrogen-bond acceptors (Lipinski definition) is 5. The van der Waals surface area contributed by atoms with E-state index in [2.05, 4.69) is 4.98 Å². The van der Waals surface area contributed by atoms with E-state index in [1.54, 1.807) is 21.9 Å². The molecule has 2 fully saturated rings. The van der Waals surface area contributed by atoms with Crippen molar-refractivity contribution in [3.05, 3.63) is 88.8 Å². The summed E-state index contributed by atoms with van der Waals surface area (Å²) in [6.45, 7) is 5.40. The Morgan fingerprint density at radius 3 is 2.20 bits per heavy atom. The topological polar surface area (TPSA) is 66.0 Å². The summed E-state index contributed by atoms with van der Waals surface area (Å²) >= 11 is 6.15. The summed E-state index contributed by atoms with van der Waals surface area (Å²) in [4.78, 5) is 36.6. The van der Waals surface area contributed by atoms with Crippen LogP contribution in [0.5, 0.6) is 5.75 Å². The monoisotopic (exact) mass is 632 g/mol. The van der Waals surface area contributed by atoms with Gasteiger partial charge in [0.2, 0.25) is 5.91 Å². The summed E-state index contributed by atoms with van der Waals surface area (Å²) < 4.78 is 57.9. The standard InChI is InChI=1S/C32H33ClF4N4O3/c1-20(2)41(31(43)44-26-10-8-25(34)9-11-26)28-19-40(18-27(28)21-3-6-24(33)7-4-21)30(42)22-13-15-39(16-14-22)29-12-5-23(17-38-29)32(35,36)37/h3-12,17,20,22,27-28H,13-16,18-19H2,1-2H3. The number of alkyl halides is 3. The number of amides is 2. The number of carbonyl (C=O) groups is 2. The minimum atomic E-state index is -4.45. The number of benzene rings is 2. The van der Waals surface area contributed by atoms with Crippen LogP contribution in [0.3, 0.4) is 0 Å². The van der Waals surface area contributed by atoms with Crippen molar-refractivity contribution in [2.24, 2.45) is 5.92 Å². The van der Waals surface area contributed by atoms with Crippen molar-refractivity contribution in [1.82, 2.24) is 14.8 Å². The molecule has 12 heteroatoms. The van der Waals surface area contributed by atoms with Crippen LogP contribution in [0.1, 0.15) is 43.7 Å². The molecule has 2 atom stereocenters. The molecule has 7 nitrogen and oxygen atoms in total. The largest absolute Gasteiger partial charge is 0.417 e. The van der Waals surface area contributed by atoms with Gasteiger partial charge in [-0.05, 0) is 80.8 Å². The van der Waals surface area contributed by atoms with Crippen LogP contribution in [-0.4, -0.2) is 65.0 Å². The van der Waals surface area contributed by atoms with Crippen LogP contribution >= 0.6 is 11.6 Å². The van der Waals surface area contributed by atoms with Crippen molar-refractivity contribution in [2.75, 3.05) is 31.1 Å². The molecule has 0 radical (unpaired) electrons. The smallest absolute Gasteiger partial charge is 0.410 e. The third-order valence-electron chi connectivity index (χ3n) is 8.29. The van der Waals surface area contributed by atoms with Gasteiger partial charge in [-0.15, -0.1) is 0 Å². The summed E-state index contributed by atoms with van der Waals surface area (Å²) in [5, 5.41) is 0.571. The average Bonchev–Trinajstić information content (AvgIpc) is 3.42. The Morgan fingerprint density at radius 1 is 0.977 bits per heavy atom. The first kappa shape index (κ1) is 31.6. The van der Waals surface area contributed by atoms with Gasteiger partial charge in [-0.3, -0.25) is 9.69 Å². The summed E-state index contributed by atoms with van der Waals surface area (Å²) in [7, 11) is 0. The van der Waals surface area contributed by atoms with Gasteiger partial charge in [-0.25, -0.2) is 14.2 Å². The van der Waals surface area contributed by atoms with Gasteiger partial charge in [-0.2, -0.15) is 13.2 Å². The summed E-state index contributed by atoms with van der Waals surface area (Å²) in [5.41, 5.74) is 0.125. The van der Waals surface area contributed by atoms with Crippen molar-refractivity contribution in [3.8, 4) is 5.75 Å². The Kier molecular flexibility index (Phi) is 9.34. The first-order chi connectivity index (χ1) is 20.9. The molecule has 0 bridgehead atoms. The molecule has 2 saturated heterocycles. The highest BCUT2D eigenvalue weighted by atomic mass is 35.5. The van der Waals surface area contributed by atoms with E-state index in [0.717, 1.165) is 17.8 Å². The molecule has 3 heterocycles. The number of rotatable bonds is 6. The third-order valence-corrected chi connectivity index (χ3v) is 8.54. The number of nitrogens with zero attached hydrogens (tertiary/aromatic N) is 4. The van der Waals surface area contributed by atoms with Crippen molar-refractivity contribution in [2.45, 2.75) is 50.9 Å². The number of likely N-dealkylation sites (tertiary alicyclic amines) is 1. The fraction of sp³-hybridized carbons (Fsp3) is 0.406. The Balaban J connectivity index is 1.31. The number of anilines is 1. The van der Waals surface area contributed by atoms with E-state index < -0.39 is 29.7 Å². The molecule has 2 aliphatic heterocycles. The normalized spacial score (nSPS) is 19.4. The number of ether oxygens (including phenoxy) is 1. The van der Waals surface area contributed by atoms with Gasteiger partial charge in [0.1, 0.15) is 17.4 Å². The predicted octanol–water partition coefficient (Wildman–Crippen LogP) is 7.01. The summed E-state index contributed by atoms with van der Waals surface area (Å²) in [6, 6.07) is 14.3. The Bertz CT molecular complexity index is 1440. The molecule has 234 valence electrons. The van der Waals surface area contributed by atoms with E-state index in [1.165, 1.54) is 30.3 Å². The van der Waals surface area contributed by atoms with E-state index in [-0.39, 0.29) is 29.5 Å². The zero-order chi connectivity index (χ0) is 31.6. The maximum atomic E-state index is 13.8. The van der Waals surface area contributed by atoms with Gasteiger partial charge in [-0.1, -0.05) is 23.7 Å². The lowest BCUT2D eigenvalue weighted by atomic mass is 9.92. The SMILES string of the molecule is CC(C)N(C(=O)Oc1ccc(F)cc1)C1CN(C(=O)C2CCN(c3ccc(C(F)(F)F)cn3)CC2)CC1c1ccc(Cl)cc1. The molecule has 2 aliphatic rings. The van der Waals surface area contributed by atoms with Crippen LogP contribution in [0.15, 0.2) is 66.9 Å². The molecule has 3 aromatic rings. The molecule has 2 unspecified atom stereocenters. The Morgan fingerprint density at radius 2 is 1.64 bits per heavy atom. The lowest BCUT2D eigenvalue weighted by Crippen LogP contribution is -2.50. The Hall–Kier alpha value is -3.86. The highest BCUT2D eigenvalue weighted by Gasteiger charge is 2.44. The van der Waals surface area contributed by atoms with Crippen molar-refractivity contribution in [1.29, 1.82) is 0 Å². The van der Waals surface area contributed by atoms with Crippen LogP contribution in [0, 0.1) is 11.7 Å². The van der Waals surface area contributed by atoms with Crippen LogP contribution in [0.2, 0.25) is 5.02 Å². The van der Waals surface area contributed by atoms with E-state index in [1.807, 2.05) is 30.9 Å². The number of aromatic nitrogens is 1. The van der Waals surface area contributed by atoms with Crippen molar-refractivity contribution >= 4 is 29.4 Å². The number of halogens is 5. The van der Waals surface area contributed by atoms with Crippen LogP contribution in [0.4, 0.5) is 28.2 Å². The third kappa shape index (κ3) is 7.09. The number of carbonyl (C=O) groups excluding carboxylic acids is 2. The molecular formula is C32H33ClF4N4O3. The van der Waals surface area contributed by atoms with Gasteiger partial charge < -0.3 is 14.5 Å². The second-order valence-corrected chi connectivity index (χ2v) is 11.9. The number of hydrogen-bond donors (Lipinski definition) is 0.